The molecular weight excluding hydrogens is 292 g/mol. The van der Waals surface area contributed by atoms with Crippen molar-refractivity contribution in [1.82, 2.24) is 10.6 Å². The predicted molar refractivity (Wildman–Crippen MR) is 89.6 cm³/mol. The second kappa shape index (κ2) is 8.35. The molecule has 3 N–H and O–H groups in total. The van der Waals surface area contributed by atoms with Gasteiger partial charge in [0, 0.05) is 6.54 Å². The standard InChI is InChI=1S/C18H24N2O3/c1-5-10-19-16(22)11-17(23)20-12-15(21)13-6-8-14(9-7-13)18(2,3)4/h1,6-9,15,21H,10-12H2,2-4H3,(H,19,22)(H,20,23). The number of carbonyl (C=O) groups is 2. The van der Waals surface area contributed by atoms with Crippen LogP contribution in [-0.2, 0) is 15.0 Å². The largest absolute Gasteiger partial charge is 0.387 e. The number of amides is 2. The smallest absolute Gasteiger partial charge is 0.230 e. The zero-order valence-corrected chi connectivity index (χ0v) is 13.8. The van der Waals surface area contributed by atoms with E-state index in [9.17, 15) is 14.7 Å². The molecule has 1 atom stereocenters. The van der Waals surface area contributed by atoms with Crippen molar-refractivity contribution < 1.29 is 14.7 Å². The summed E-state index contributed by atoms with van der Waals surface area (Å²) in [6.45, 7) is 6.49. The topological polar surface area (TPSA) is 78.4 Å². The molecule has 1 rings (SSSR count). The highest BCUT2D eigenvalue weighted by Crippen LogP contribution is 2.23. The Morgan fingerprint density at radius 2 is 1.74 bits per heavy atom. The molecule has 0 bridgehead atoms. The molecule has 5 heteroatoms. The lowest BCUT2D eigenvalue weighted by Gasteiger charge is -2.20. The Balaban J connectivity index is 2.47. The van der Waals surface area contributed by atoms with Crippen molar-refractivity contribution in [3.05, 3.63) is 35.4 Å². The molecule has 0 aromatic heterocycles. The number of rotatable bonds is 6. The molecule has 0 aliphatic carbocycles. The minimum Gasteiger partial charge on any atom is -0.387 e. The summed E-state index contributed by atoms with van der Waals surface area (Å²) < 4.78 is 0. The van der Waals surface area contributed by atoms with Crippen LogP contribution >= 0.6 is 0 Å². The highest BCUT2D eigenvalue weighted by molar-refractivity contribution is 5.96. The van der Waals surface area contributed by atoms with Gasteiger partial charge in [0.1, 0.15) is 6.42 Å². The van der Waals surface area contributed by atoms with Gasteiger partial charge in [-0.15, -0.1) is 6.42 Å². The summed E-state index contributed by atoms with van der Waals surface area (Å²) in [5.41, 5.74) is 1.93. The van der Waals surface area contributed by atoms with Crippen LogP contribution in [0.2, 0.25) is 0 Å². The van der Waals surface area contributed by atoms with Crippen LogP contribution < -0.4 is 10.6 Å². The maximum Gasteiger partial charge on any atom is 0.230 e. The van der Waals surface area contributed by atoms with Crippen LogP contribution in [0.25, 0.3) is 0 Å². The fourth-order valence-electron chi connectivity index (χ4n) is 1.95. The van der Waals surface area contributed by atoms with Gasteiger partial charge in [0.2, 0.25) is 11.8 Å². The second-order valence-corrected chi connectivity index (χ2v) is 6.35. The first kappa shape index (κ1) is 18.7. The number of terminal acetylenes is 1. The summed E-state index contributed by atoms with van der Waals surface area (Å²) in [7, 11) is 0. The quantitative estimate of drug-likeness (QED) is 0.546. The summed E-state index contributed by atoms with van der Waals surface area (Å²) in [6, 6.07) is 7.62. The van der Waals surface area contributed by atoms with Gasteiger partial charge in [-0.2, -0.15) is 0 Å². The van der Waals surface area contributed by atoms with E-state index >= 15 is 0 Å². The lowest BCUT2D eigenvalue weighted by molar-refractivity contribution is -0.129. The van der Waals surface area contributed by atoms with E-state index in [4.69, 9.17) is 6.42 Å². The Morgan fingerprint density at radius 1 is 1.17 bits per heavy atom. The molecular formula is C18H24N2O3. The Morgan fingerprint density at radius 3 is 2.26 bits per heavy atom. The van der Waals surface area contributed by atoms with Gasteiger partial charge in [0.15, 0.2) is 0 Å². The van der Waals surface area contributed by atoms with Crippen molar-refractivity contribution in [3.63, 3.8) is 0 Å². The maximum absolute atomic E-state index is 11.6. The average molecular weight is 316 g/mol. The van der Waals surface area contributed by atoms with Crippen LogP contribution in [0.5, 0.6) is 0 Å². The predicted octanol–water partition coefficient (Wildman–Crippen LogP) is 1.27. The lowest BCUT2D eigenvalue weighted by atomic mass is 9.86. The van der Waals surface area contributed by atoms with Crippen molar-refractivity contribution in [2.45, 2.75) is 38.7 Å². The van der Waals surface area contributed by atoms with Gasteiger partial charge in [0.25, 0.3) is 0 Å². The second-order valence-electron chi connectivity index (χ2n) is 6.35. The van der Waals surface area contributed by atoms with E-state index in [-0.39, 0.29) is 24.9 Å². The Labute approximate surface area is 137 Å². The van der Waals surface area contributed by atoms with Crippen LogP contribution in [0.1, 0.15) is 44.4 Å². The summed E-state index contributed by atoms with van der Waals surface area (Å²) in [5, 5.41) is 15.0. The molecule has 0 aliphatic rings. The van der Waals surface area contributed by atoms with Crippen molar-refractivity contribution in [1.29, 1.82) is 0 Å². The third-order valence-corrected chi connectivity index (χ3v) is 3.36. The van der Waals surface area contributed by atoms with Gasteiger partial charge in [-0.05, 0) is 16.5 Å². The molecule has 0 fully saturated rings. The van der Waals surface area contributed by atoms with Gasteiger partial charge < -0.3 is 15.7 Å². The van der Waals surface area contributed by atoms with E-state index in [1.807, 2.05) is 24.3 Å². The van der Waals surface area contributed by atoms with Gasteiger partial charge in [-0.1, -0.05) is 51.0 Å². The first-order valence-corrected chi connectivity index (χ1v) is 7.49. The van der Waals surface area contributed by atoms with E-state index < -0.39 is 17.9 Å². The molecule has 0 saturated carbocycles. The first-order valence-electron chi connectivity index (χ1n) is 7.49. The molecule has 1 unspecified atom stereocenters. The molecule has 0 heterocycles. The summed E-state index contributed by atoms with van der Waals surface area (Å²) in [5.74, 6) is 1.36. The monoisotopic (exact) mass is 316 g/mol. The maximum atomic E-state index is 11.6. The van der Waals surface area contributed by atoms with Crippen LogP contribution in [-0.4, -0.2) is 30.0 Å². The Bertz CT molecular complexity index is 580. The summed E-state index contributed by atoms with van der Waals surface area (Å²) in [6.07, 6.45) is 3.88. The SMILES string of the molecule is C#CCNC(=O)CC(=O)NCC(O)c1ccc(C(C)(C)C)cc1. The molecule has 5 nitrogen and oxygen atoms in total. The van der Waals surface area contributed by atoms with Crippen molar-refractivity contribution >= 4 is 11.8 Å². The van der Waals surface area contributed by atoms with Gasteiger partial charge in [-0.3, -0.25) is 9.59 Å². The number of aliphatic hydroxyl groups is 1. The molecule has 1 aromatic rings. The Kier molecular flexibility index (Phi) is 6.80. The van der Waals surface area contributed by atoms with Crippen molar-refractivity contribution in [2.75, 3.05) is 13.1 Å². The van der Waals surface area contributed by atoms with E-state index in [0.717, 1.165) is 5.56 Å². The minimum absolute atomic E-state index is 0.0451. The zero-order valence-electron chi connectivity index (χ0n) is 13.8. The molecule has 0 aliphatic heterocycles. The van der Waals surface area contributed by atoms with E-state index in [0.29, 0.717) is 0 Å². The summed E-state index contributed by atoms with van der Waals surface area (Å²) >= 11 is 0. The number of aliphatic hydroxyl groups excluding tert-OH is 1. The van der Waals surface area contributed by atoms with E-state index in [1.54, 1.807) is 0 Å². The van der Waals surface area contributed by atoms with Crippen LogP contribution in [0.4, 0.5) is 0 Å². The summed E-state index contributed by atoms with van der Waals surface area (Å²) in [4.78, 5) is 22.9. The van der Waals surface area contributed by atoms with E-state index in [2.05, 4.69) is 37.3 Å². The number of benzene rings is 1. The fourth-order valence-corrected chi connectivity index (χ4v) is 1.95. The molecule has 0 spiro atoms. The normalized spacial score (nSPS) is 12.1. The highest BCUT2D eigenvalue weighted by Gasteiger charge is 2.15. The third kappa shape index (κ3) is 6.54. The fraction of sp³-hybridized carbons (Fsp3) is 0.444. The van der Waals surface area contributed by atoms with Crippen LogP contribution in [0.15, 0.2) is 24.3 Å². The molecule has 1 aromatic carbocycles. The number of hydrogen-bond acceptors (Lipinski definition) is 3. The average Bonchev–Trinajstić information content (AvgIpc) is 2.49. The molecule has 0 saturated heterocycles. The van der Waals surface area contributed by atoms with Crippen LogP contribution in [0.3, 0.4) is 0 Å². The lowest BCUT2D eigenvalue weighted by Crippen LogP contribution is -2.34. The van der Waals surface area contributed by atoms with Crippen LogP contribution in [0, 0.1) is 12.3 Å². The molecule has 23 heavy (non-hydrogen) atoms. The third-order valence-electron chi connectivity index (χ3n) is 3.36. The highest BCUT2D eigenvalue weighted by atomic mass is 16.3. The molecule has 0 radical (unpaired) electrons. The Hall–Kier alpha value is -2.32. The van der Waals surface area contributed by atoms with Gasteiger partial charge in [-0.25, -0.2) is 0 Å². The van der Waals surface area contributed by atoms with Crippen molar-refractivity contribution in [2.24, 2.45) is 0 Å². The zero-order chi connectivity index (χ0) is 17.5. The van der Waals surface area contributed by atoms with E-state index in [1.165, 1.54) is 5.56 Å². The molecule has 124 valence electrons. The van der Waals surface area contributed by atoms with Gasteiger partial charge >= 0.3 is 0 Å². The minimum atomic E-state index is -0.818. The molecule has 2 amide bonds. The van der Waals surface area contributed by atoms with Gasteiger partial charge in [0.05, 0.1) is 12.6 Å². The first-order chi connectivity index (χ1) is 10.7. The number of nitrogens with one attached hydrogen (secondary N) is 2. The number of hydrogen-bond donors (Lipinski definition) is 3. The van der Waals surface area contributed by atoms with Crippen molar-refractivity contribution in [3.8, 4) is 12.3 Å². The number of carbonyl (C=O) groups excluding carboxylic acids is 2.